The van der Waals surface area contributed by atoms with Crippen molar-refractivity contribution in [1.29, 1.82) is 0 Å². The molecule has 2 unspecified atom stereocenters. The van der Waals surface area contributed by atoms with Crippen molar-refractivity contribution in [1.82, 2.24) is 9.78 Å². The van der Waals surface area contributed by atoms with E-state index in [4.69, 9.17) is 5.73 Å². The molecule has 102 valence electrons. The number of aromatic nitrogens is 2. The Morgan fingerprint density at radius 1 is 1.37 bits per heavy atom. The van der Waals surface area contributed by atoms with E-state index >= 15 is 0 Å². The van der Waals surface area contributed by atoms with E-state index in [1.165, 1.54) is 23.9 Å². The molecule has 0 aliphatic heterocycles. The molecule has 1 aromatic heterocycles. The molecule has 1 heterocycles. The smallest absolute Gasteiger partial charge is 0.139 e. The SMILES string of the molecule is CC(N)C(Sc1ccc(F)cc1F)c1cnn(C)c1. The molecule has 0 aliphatic rings. The molecule has 2 N–H and O–H groups in total. The first-order chi connectivity index (χ1) is 8.97. The summed E-state index contributed by atoms with van der Waals surface area (Å²) in [5.41, 5.74) is 6.87. The molecule has 0 saturated heterocycles. The van der Waals surface area contributed by atoms with E-state index < -0.39 is 11.6 Å². The van der Waals surface area contributed by atoms with Crippen LogP contribution in [0.25, 0.3) is 0 Å². The van der Waals surface area contributed by atoms with Crippen LogP contribution in [0.2, 0.25) is 0 Å². The minimum atomic E-state index is -0.583. The number of hydrogen-bond acceptors (Lipinski definition) is 3. The molecule has 19 heavy (non-hydrogen) atoms. The Labute approximate surface area is 114 Å². The lowest BCUT2D eigenvalue weighted by atomic mass is 10.1. The number of rotatable bonds is 4. The van der Waals surface area contributed by atoms with Gasteiger partial charge < -0.3 is 5.73 Å². The standard InChI is InChI=1S/C13H15F2N3S/c1-8(16)13(9-6-17-18(2)7-9)19-12-4-3-10(14)5-11(12)15/h3-8,13H,16H2,1-2H3. The van der Waals surface area contributed by atoms with Crippen LogP contribution in [0.3, 0.4) is 0 Å². The minimum Gasteiger partial charge on any atom is -0.327 e. The number of halogens is 2. The second-order valence-corrected chi connectivity index (χ2v) is 5.60. The zero-order valence-electron chi connectivity index (χ0n) is 10.7. The van der Waals surface area contributed by atoms with Gasteiger partial charge in [0.1, 0.15) is 11.6 Å². The highest BCUT2D eigenvalue weighted by Crippen LogP contribution is 2.38. The van der Waals surface area contributed by atoms with Gasteiger partial charge in [0, 0.05) is 35.8 Å². The van der Waals surface area contributed by atoms with Crippen molar-refractivity contribution < 1.29 is 8.78 Å². The van der Waals surface area contributed by atoms with Gasteiger partial charge in [-0.15, -0.1) is 11.8 Å². The van der Waals surface area contributed by atoms with Crippen molar-refractivity contribution >= 4 is 11.8 Å². The number of aryl methyl sites for hydroxylation is 1. The average Bonchev–Trinajstić information content (AvgIpc) is 2.74. The van der Waals surface area contributed by atoms with Crippen molar-refractivity contribution in [3.05, 3.63) is 47.8 Å². The molecule has 2 atom stereocenters. The molecule has 0 aliphatic carbocycles. The largest absolute Gasteiger partial charge is 0.327 e. The number of nitrogens with two attached hydrogens (primary N) is 1. The Morgan fingerprint density at radius 2 is 2.11 bits per heavy atom. The van der Waals surface area contributed by atoms with Gasteiger partial charge in [-0.3, -0.25) is 4.68 Å². The highest BCUT2D eigenvalue weighted by atomic mass is 32.2. The topological polar surface area (TPSA) is 43.8 Å². The molecular weight excluding hydrogens is 268 g/mol. The Morgan fingerprint density at radius 3 is 2.63 bits per heavy atom. The first-order valence-electron chi connectivity index (χ1n) is 5.83. The fourth-order valence-electron chi connectivity index (χ4n) is 1.77. The van der Waals surface area contributed by atoms with Gasteiger partial charge in [-0.1, -0.05) is 0 Å². The van der Waals surface area contributed by atoms with Gasteiger partial charge in [0.2, 0.25) is 0 Å². The lowest BCUT2D eigenvalue weighted by molar-refractivity contribution is 0.565. The van der Waals surface area contributed by atoms with E-state index in [-0.39, 0.29) is 11.3 Å². The third-order valence-electron chi connectivity index (χ3n) is 2.68. The van der Waals surface area contributed by atoms with E-state index in [2.05, 4.69) is 5.10 Å². The molecule has 2 rings (SSSR count). The summed E-state index contributed by atoms with van der Waals surface area (Å²) in [7, 11) is 1.81. The molecule has 0 radical (unpaired) electrons. The maximum absolute atomic E-state index is 13.7. The van der Waals surface area contributed by atoms with Gasteiger partial charge in [0.05, 0.1) is 11.4 Å². The molecule has 0 saturated carbocycles. The summed E-state index contributed by atoms with van der Waals surface area (Å²) in [5, 5.41) is 3.96. The number of nitrogens with zero attached hydrogens (tertiary/aromatic N) is 2. The number of benzene rings is 1. The predicted octanol–water partition coefficient (Wildman–Crippen LogP) is 2.88. The zero-order chi connectivity index (χ0) is 14.0. The lowest BCUT2D eigenvalue weighted by Gasteiger charge is -2.19. The normalized spacial score (nSPS) is 14.4. The van der Waals surface area contributed by atoms with Crippen LogP contribution in [-0.4, -0.2) is 15.8 Å². The van der Waals surface area contributed by atoms with E-state index in [0.29, 0.717) is 4.90 Å². The Hall–Kier alpha value is -1.40. The average molecular weight is 283 g/mol. The first kappa shape index (κ1) is 14.0. The second-order valence-electron chi connectivity index (χ2n) is 4.42. The van der Waals surface area contributed by atoms with Crippen molar-refractivity contribution in [2.45, 2.75) is 23.1 Å². The van der Waals surface area contributed by atoms with Crippen LogP contribution >= 0.6 is 11.8 Å². The maximum Gasteiger partial charge on any atom is 0.139 e. The van der Waals surface area contributed by atoms with Crippen LogP contribution < -0.4 is 5.73 Å². The quantitative estimate of drug-likeness (QED) is 0.877. The zero-order valence-corrected chi connectivity index (χ0v) is 11.5. The summed E-state index contributed by atoms with van der Waals surface area (Å²) in [6.07, 6.45) is 3.56. The highest BCUT2D eigenvalue weighted by molar-refractivity contribution is 7.99. The molecule has 0 bridgehead atoms. The van der Waals surface area contributed by atoms with Crippen LogP contribution in [0.15, 0.2) is 35.5 Å². The predicted molar refractivity (Wildman–Crippen MR) is 71.8 cm³/mol. The van der Waals surface area contributed by atoms with Gasteiger partial charge in [-0.2, -0.15) is 5.10 Å². The third-order valence-corrected chi connectivity index (χ3v) is 4.22. The molecule has 3 nitrogen and oxygen atoms in total. The van der Waals surface area contributed by atoms with Crippen LogP contribution in [0.1, 0.15) is 17.7 Å². The summed E-state index contributed by atoms with van der Waals surface area (Å²) in [5.74, 6) is -1.15. The fraction of sp³-hybridized carbons (Fsp3) is 0.308. The monoisotopic (exact) mass is 283 g/mol. The molecule has 0 fully saturated rings. The van der Waals surface area contributed by atoms with Crippen LogP contribution in [-0.2, 0) is 7.05 Å². The van der Waals surface area contributed by atoms with Crippen molar-refractivity contribution in [2.24, 2.45) is 12.8 Å². The number of thioether (sulfide) groups is 1. The van der Waals surface area contributed by atoms with Gasteiger partial charge in [0.15, 0.2) is 0 Å². The Balaban J connectivity index is 2.26. The minimum absolute atomic E-state index is 0.131. The van der Waals surface area contributed by atoms with E-state index in [1.54, 1.807) is 10.9 Å². The van der Waals surface area contributed by atoms with Crippen molar-refractivity contribution in [2.75, 3.05) is 0 Å². The molecule has 1 aromatic carbocycles. The van der Waals surface area contributed by atoms with Crippen LogP contribution in [0.5, 0.6) is 0 Å². The molecular formula is C13H15F2N3S. The molecule has 6 heteroatoms. The maximum atomic E-state index is 13.7. The van der Waals surface area contributed by atoms with Crippen molar-refractivity contribution in [3.8, 4) is 0 Å². The Bertz CT molecular complexity index is 569. The van der Waals surface area contributed by atoms with E-state index in [1.807, 2.05) is 20.2 Å². The highest BCUT2D eigenvalue weighted by Gasteiger charge is 2.21. The van der Waals surface area contributed by atoms with Gasteiger partial charge >= 0.3 is 0 Å². The molecule has 0 spiro atoms. The summed E-state index contributed by atoms with van der Waals surface area (Å²) >= 11 is 1.28. The fourth-order valence-corrected chi connectivity index (χ4v) is 2.84. The van der Waals surface area contributed by atoms with Crippen LogP contribution in [0, 0.1) is 11.6 Å². The summed E-state index contributed by atoms with van der Waals surface area (Å²) in [6.45, 7) is 1.85. The summed E-state index contributed by atoms with van der Waals surface area (Å²) < 4.78 is 28.2. The second kappa shape index (κ2) is 5.71. The van der Waals surface area contributed by atoms with Crippen molar-refractivity contribution in [3.63, 3.8) is 0 Å². The lowest BCUT2D eigenvalue weighted by Crippen LogP contribution is -2.22. The van der Waals surface area contributed by atoms with E-state index in [0.717, 1.165) is 11.6 Å². The van der Waals surface area contributed by atoms with E-state index in [9.17, 15) is 8.78 Å². The Kier molecular flexibility index (Phi) is 4.21. The van der Waals surface area contributed by atoms with Gasteiger partial charge in [-0.25, -0.2) is 8.78 Å². The third kappa shape index (κ3) is 3.33. The van der Waals surface area contributed by atoms with Gasteiger partial charge in [-0.05, 0) is 19.1 Å². The van der Waals surface area contributed by atoms with Gasteiger partial charge in [0.25, 0.3) is 0 Å². The summed E-state index contributed by atoms with van der Waals surface area (Å²) in [4.78, 5) is 0.382. The first-order valence-corrected chi connectivity index (χ1v) is 6.71. The van der Waals surface area contributed by atoms with Crippen LogP contribution in [0.4, 0.5) is 8.78 Å². The molecule has 2 aromatic rings. The summed E-state index contributed by atoms with van der Waals surface area (Å²) in [6, 6.07) is 3.37. The number of hydrogen-bond donors (Lipinski definition) is 1. The molecule has 0 amide bonds.